The van der Waals surface area contributed by atoms with Gasteiger partial charge in [-0.1, -0.05) is 48.5 Å². The topological polar surface area (TPSA) is 30.5 Å². The first-order valence-electron chi connectivity index (χ1n) is 8.86. The summed E-state index contributed by atoms with van der Waals surface area (Å²) in [5.74, 6) is 0.540. The van der Waals surface area contributed by atoms with Crippen LogP contribution < -0.4 is 10.1 Å². The number of hydrogen-bond donors (Lipinski definition) is 1. The van der Waals surface area contributed by atoms with Crippen LogP contribution in [0.3, 0.4) is 0 Å². The van der Waals surface area contributed by atoms with Crippen molar-refractivity contribution in [3.63, 3.8) is 0 Å². The average Bonchev–Trinajstić information content (AvgIpc) is 2.68. The highest BCUT2D eigenvalue weighted by molar-refractivity contribution is 5.87. The Balaban J connectivity index is 0.00000261. The largest absolute Gasteiger partial charge is 0.488 e. The van der Waals surface area contributed by atoms with Crippen molar-refractivity contribution in [3.05, 3.63) is 77.6 Å². The molecule has 0 fully saturated rings. The van der Waals surface area contributed by atoms with E-state index in [1.54, 1.807) is 19.2 Å². The molecule has 0 aromatic heterocycles. The molecule has 3 rings (SSSR count). The number of rotatable bonds is 9. The third-order valence-corrected chi connectivity index (χ3v) is 4.34. The minimum atomic E-state index is -0.243. The summed E-state index contributed by atoms with van der Waals surface area (Å²) < 4.78 is 24.9. The first kappa shape index (κ1) is 21.2. The smallest absolute Gasteiger partial charge is 0.129 e. The van der Waals surface area contributed by atoms with Gasteiger partial charge in [-0.05, 0) is 35.9 Å². The van der Waals surface area contributed by atoms with Crippen LogP contribution >= 0.6 is 12.4 Å². The molecule has 0 amide bonds. The summed E-state index contributed by atoms with van der Waals surface area (Å²) in [6.07, 6.45) is 0.951. The van der Waals surface area contributed by atoms with Crippen molar-refractivity contribution < 1.29 is 13.9 Å². The molecule has 0 aliphatic heterocycles. The van der Waals surface area contributed by atoms with E-state index in [9.17, 15) is 4.39 Å². The lowest BCUT2D eigenvalue weighted by Gasteiger charge is -2.15. The van der Waals surface area contributed by atoms with Gasteiger partial charge in [0, 0.05) is 31.4 Å². The summed E-state index contributed by atoms with van der Waals surface area (Å²) in [7, 11) is 1.71. The highest BCUT2D eigenvalue weighted by atomic mass is 35.5. The summed E-state index contributed by atoms with van der Waals surface area (Å²) in [4.78, 5) is 0. The van der Waals surface area contributed by atoms with Crippen molar-refractivity contribution in [3.8, 4) is 5.75 Å². The summed E-state index contributed by atoms with van der Waals surface area (Å²) in [5, 5.41) is 5.76. The number of methoxy groups -OCH3 is 1. The van der Waals surface area contributed by atoms with Crippen LogP contribution in [0.1, 0.15) is 17.5 Å². The van der Waals surface area contributed by atoms with Crippen molar-refractivity contribution in [2.75, 3.05) is 20.3 Å². The van der Waals surface area contributed by atoms with E-state index in [0.29, 0.717) is 12.1 Å². The van der Waals surface area contributed by atoms with Gasteiger partial charge in [0.1, 0.15) is 18.2 Å². The number of halogens is 2. The molecule has 0 unspecified atom stereocenters. The summed E-state index contributed by atoms with van der Waals surface area (Å²) >= 11 is 0. The molecular weight excluding hydrogens is 365 g/mol. The molecule has 144 valence electrons. The quantitative estimate of drug-likeness (QED) is 0.516. The molecule has 0 spiro atoms. The zero-order valence-corrected chi connectivity index (χ0v) is 16.2. The molecule has 5 heteroatoms. The minimum absolute atomic E-state index is 0. The molecule has 0 aliphatic carbocycles. The first-order valence-corrected chi connectivity index (χ1v) is 8.86. The van der Waals surface area contributed by atoms with Crippen LogP contribution in [0.15, 0.2) is 60.7 Å². The molecule has 0 saturated carbocycles. The second-order valence-electron chi connectivity index (χ2n) is 6.17. The van der Waals surface area contributed by atoms with Crippen molar-refractivity contribution in [1.29, 1.82) is 0 Å². The minimum Gasteiger partial charge on any atom is -0.488 e. The Morgan fingerprint density at radius 3 is 2.56 bits per heavy atom. The second kappa shape index (κ2) is 10.9. The van der Waals surface area contributed by atoms with E-state index >= 15 is 0 Å². The van der Waals surface area contributed by atoms with Gasteiger partial charge in [0.25, 0.3) is 0 Å². The molecule has 27 heavy (non-hydrogen) atoms. The maximum absolute atomic E-state index is 13.9. The third kappa shape index (κ3) is 5.67. The van der Waals surface area contributed by atoms with E-state index in [1.807, 2.05) is 30.3 Å². The summed E-state index contributed by atoms with van der Waals surface area (Å²) in [6, 6.07) is 19.0. The van der Waals surface area contributed by atoms with E-state index < -0.39 is 0 Å². The Labute approximate surface area is 165 Å². The highest BCUT2D eigenvalue weighted by Crippen LogP contribution is 2.29. The molecule has 0 bridgehead atoms. The first-order chi connectivity index (χ1) is 12.8. The van der Waals surface area contributed by atoms with E-state index in [2.05, 4.69) is 17.4 Å². The Bertz CT molecular complexity index is 857. The third-order valence-electron chi connectivity index (χ3n) is 4.34. The fraction of sp³-hybridized carbons (Fsp3) is 0.273. The SMILES string of the molecule is COCCCNCc1c(OCc2ccccc2F)ccc2ccccc12.Cl. The molecule has 3 aromatic carbocycles. The van der Waals surface area contributed by atoms with Crippen LogP contribution in [-0.2, 0) is 17.9 Å². The average molecular weight is 390 g/mol. The molecule has 0 radical (unpaired) electrons. The van der Waals surface area contributed by atoms with E-state index in [0.717, 1.165) is 36.3 Å². The van der Waals surface area contributed by atoms with Crippen molar-refractivity contribution in [2.45, 2.75) is 19.6 Å². The summed E-state index contributed by atoms with van der Waals surface area (Å²) in [6.45, 7) is 2.50. The van der Waals surface area contributed by atoms with Crippen LogP contribution in [-0.4, -0.2) is 20.3 Å². The molecule has 0 atom stereocenters. The number of ether oxygens (including phenoxy) is 2. The van der Waals surface area contributed by atoms with Crippen LogP contribution in [0.4, 0.5) is 4.39 Å². The monoisotopic (exact) mass is 389 g/mol. The Morgan fingerprint density at radius 2 is 1.74 bits per heavy atom. The van der Waals surface area contributed by atoms with Crippen LogP contribution in [0.25, 0.3) is 10.8 Å². The standard InChI is InChI=1S/C22H24FNO2.ClH/c1-25-14-6-13-24-15-20-19-9-4-2-7-17(19)11-12-22(20)26-16-18-8-3-5-10-21(18)23;/h2-5,7-12,24H,6,13-16H2,1H3;1H. The lowest BCUT2D eigenvalue weighted by molar-refractivity contribution is 0.194. The normalized spacial score (nSPS) is 10.6. The van der Waals surface area contributed by atoms with Gasteiger partial charge in [0.2, 0.25) is 0 Å². The number of nitrogens with one attached hydrogen (secondary N) is 1. The molecular formula is C22H25ClFNO2. The van der Waals surface area contributed by atoms with Crippen LogP contribution in [0.2, 0.25) is 0 Å². The zero-order valence-electron chi connectivity index (χ0n) is 15.4. The van der Waals surface area contributed by atoms with Crippen molar-refractivity contribution in [2.24, 2.45) is 0 Å². The van der Waals surface area contributed by atoms with Gasteiger partial charge in [-0.25, -0.2) is 4.39 Å². The predicted octanol–water partition coefficient (Wildman–Crippen LogP) is 5.11. The van der Waals surface area contributed by atoms with Gasteiger partial charge in [-0.3, -0.25) is 0 Å². The molecule has 0 saturated heterocycles. The van der Waals surface area contributed by atoms with Crippen molar-refractivity contribution >= 4 is 23.2 Å². The number of benzene rings is 3. The van der Waals surface area contributed by atoms with Gasteiger partial charge in [-0.15, -0.1) is 12.4 Å². The maximum Gasteiger partial charge on any atom is 0.129 e. The van der Waals surface area contributed by atoms with Crippen LogP contribution in [0.5, 0.6) is 5.75 Å². The summed E-state index contributed by atoms with van der Waals surface area (Å²) in [5.41, 5.74) is 1.65. The highest BCUT2D eigenvalue weighted by Gasteiger charge is 2.10. The Hall–Kier alpha value is -2.14. The lowest BCUT2D eigenvalue weighted by atomic mass is 10.0. The fourth-order valence-electron chi connectivity index (χ4n) is 2.96. The molecule has 0 heterocycles. The van der Waals surface area contributed by atoms with Crippen molar-refractivity contribution in [1.82, 2.24) is 5.32 Å². The lowest BCUT2D eigenvalue weighted by Crippen LogP contribution is -2.17. The van der Waals surface area contributed by atoms with Gasteiger partial charge in [-0.2, -0.15) is 0 Å². The van der Waals surface area contributed by atoms with E-state index in [-0.39, 0.29) is 24.8 Å². The maximum atomic E-state index is 13.9. The predicted molar refractivity (Wildman–Crippen MR) is 110 cm³/mol. The molecule has 3 nitrogen and oxygen atoms in total. The van der Waals surface area contributed by atoms with Gasteiger partial charge in [0.15, 0.2) is 0 Å². The van der Waals surface area contributed by atoms with Crippen LogP contribution in [0, 0.1) is 5.82 Å². The van der Waals surface area contributed by atoms with Gasteiger partial charge < -0.3 is 14.8 Å². The second-order valence-corrected chi connectivity index (χ2v) is 6.17. The van der Waals surface area contributed by atoms with Gasteiger partial charge >= 0.3 is 0 Å². The van der Waals surface area contributed by atoms with E-state index in [1.165, 1.54) is 11.5 Å². The molecule has 3 aromatic rings. The zero-order chi connectivity index (χ0) is 18.2. The molecule has 0 aliphatic rings. The Kier molecular flexibility index (Phi) is 8.52. The molecule has 1 N–H and O–H groups in total. The Morgan fingerprint density at radius 1 is 0.963 bits per heavy atom. The van der Waals surface area contributed by atoms with E-state index in [4.69, 9.17) is 9.47 Å². The number of hydrogen-bond acceptors (Lipinski definition) is 3. The fourth-order valence-corrected chi connectivity index (χ4v) is 2.96. The number of fused-ring (bicyclic) bond motifs is 1. The van der Waals surface area contributed by atoms with Gasteiger partial charge in [0.05, 0.1) is 0 Å².